The number of fused-ring (bicyclic) bond motifs is 2. The summed E-state index contributed by atoms with van der Waals surface area (Å²) in [6, 6.07) is 14.0. The predicted octanol–water partition coefficient (Wildman–Crippen LogP) is 8.39. The lowest BCUT2D eigenvalue weighted by Gasteiger charge is -2.37. The van der Waals surface area contributed by atoms with E-state index in [1.54, 1.807) is 61.5 Å². The molecule has 2 fully saturated rings. The van der Waals surface area contributed by atoms with E-state index in [2.05, 4.69) is 26.0 Å². The molecule has 1 aromatic carbocycles. The third-order valence-corrected chi connectivity index (χ3v) is 11.2. The number of dihydropyridines is 1. The molecule has 3 aromatic heterocycles. The van der Waals surface area contributed by atoms with E-state index in [9.17, 15) is 27.9 Å². The van der Waals surface area contributed by atoms with Gasteiger partial charge in [-0.15, -0.1) is 0 Å². The van der Waals surface area contributed by atoms with E-state index in [1.165, 1.54) is 44.2 Å². The van der Waals surface area contributed by atoms with Gasteiger partial charge in [-0.1, -0.05) is 37.5 Å². The lowest BCUT2D eigenvalue weighted by molar-refractivity contribution is -0.137. The van der Waals surface area contributed by atoms with Crippen LogP contribution in [0, 0.1) is 6.92 Å². The van der Waals surface area contributed by atoms with Gasteiger partial charge in [0.2, 0.25) is 0 Å². The van der Waals surface area contributed by atoms with Crippen LogP contribution in [-0.2, 0) is 33.5 Å². The van der Waals surface area contributed by atoms with Crippen molar-refractivity contribution in [3.05, 3.63) is 130 Å². The van der Waals surface area contributed by atoms with Gasteiger partial charge in [-0.2, -0.15) is 13.2 Å². The third-order valence-electron chi connectivity index (χ3n) is 11.2. The van der Waals surface area contributed by atoms with Crippen molar-refractivity contribution in [2.75, 3.05) is 37.7 Å². The minimum Gasteiger partial charge on any atom is -0.478 e. The molecule has 0 unspecified atom stereocenters. The Bertz CT molecular complexity index is 2290. The molecule has 0 spiro atoms. The normalized spacial score (nSPS) is 18.3. The minimum absolute atomic E-state index is 0.164. The number of alkyl halides is 3. The van der Waals surface area contributed by atoms with Crippen LogP contribution in [0.3, 0.4) is 0 Å². The van der Waals surface area contributed by atoms with Gasteiger partial charge in [-0.25, -0.2) is 19.6 Å². The first-order valence-corrected chi connectivity index (χ1v) is 20.0. The molecular weight excluding hydrogens is 762 g/mol. The number of hydrogen-bond acceptors (Lipinski definition) is 10. The first-order chi connectivity index (χ1) is 28.5. The van der Waals surface area contributed by atoms with Crippen LogP contribution in [-0.4, -0.2) is 82.1 Å². The van der Waals surface area contributed by atoms with Crippen LogP contribution in [0.5, 0.6) is 0 Å². The zero-order chi connectivity index (χ0) is 41.5. The van der Waals surface area contributed by atoms with E-state index in [4.69, 9.17) is 9.47 Å². The fourth-order valence-electron chi connectivity index (χ4n) is 7.94. The number of benzene rings is 1. The van der Waals surface area contributed by atoms with Gasteiger partial charge >= 0.3 is 18.1 Å². The summed E-state index contributed by atoms with van der Waals surface area (Å²) in [6.07, 6.45) is 12.1. The van der Waals surface area contributed by atoms with Crippen molar-refractivity contribution >= 4 is 34.9 Å². The fourth-order valence-corrected chi connectivity index (χ4v) is 7.94. The number of nitrogens with zero attached hydrogens (tertiary/aromatic N) is 6. The standard InChI is InChI=1S/C23H24F3N3O3.C22H23N3O2/c1-15-18(22(30)31)14-17-3-2-7-27-21(17)29(15)8-6-16-4-5-20(19(13-16)23(24,25)26)28-9-11-32-12-10-28;1-15-19(12-18-8-5-11-23-21(18)25-15)22(26)27-14-16-9-10-20(24-13-16)17-6-3-2-4-7-17/h2-5,7,13-14,21H,6,8-12H2,1H3,(H,30,31);5,8-13,17H,2-4,6-7,14H2,1H3/t21-;/m1./s1. The summed E-state index contributed by atoms with van der Waals surface area (Å²) in [5.74, 6) is -0.840. The van der Waals surface area contributed by atoms with Crippen LogP contribution in [0.25, 0.3) is 11.0 Å². The Hall–Kier alpha value is -5.89. The third kappa shape index (κ3) is 9.88. The number of aliphatic carboxylic acids is 1. The molecule has 1 saturated heterocycles. The van der Waals surface area contributed by atoms with Crippen molar-refractivity contribution in [3.63, 3.8) is 0 Å². The molecule has 1 atom stereocenters. The molecule has 0 radical (unpaired) electrons. The van der Waals surface area contributed by atoms with Crippen molar-refractivity contribution in [2.45, 2.75) is 77.2 Å². The van der Waals surface area contributed by atoms with Crippen LogP contribution >= 0.6 is 0 Å². The summed E-state index contributed by atoms with van der Waals surface area (Å²) < 4.78 is 52.2. The first-order valence-electron chi connectivity index (χ1n) is 20.0. The second-order valence-electron chi connectivity index (χ2n) is 15.0. The molecule has 1 N–H and O–H groups in total. The van der Waals surface area contributed by atoms with Crippen molar-refractivity contribution in [1.82, 2.24) is 19.9 Å². The van der Waals surface area contributed by atoms with Crippen LogP contribution in [0.2, 0.25) is 0 Å². The van der Waals surface area contributed by atoms with Gasteiger partial charge < -0.3 is 24.4 Å². The van der Waals surface area contributed by atoms with Crippen LogP contribution in [0.15, 0.2) is 101 Å². The summed E-state index contributed by atoms with van der Waals surface area (Å²) >= 11 is 0. The monoisotopic (exact) mass is 808 g/mol. The number of anilines is 1. The largest absolute Gasteiger partial charge is 0.478 e. The second kappa shape index (κ2) is 18.4. The average molecular weight is 809 g/mol. The fraction of sp³-hybridized carbons (Fsp3) is 0.378. The number of esters is 1. The molecule has 0 amide bonds. The molecule has 14 heteroatoms. The van der Waals surface area contributed by atoms with Crippen LogP contribution < -0.4 is 4.90 Å². The van der Waals surface area contributed by atoms with Crippen LogP contribution in [0.4, 0.5) is 18.9 Å². The number of hydrogen-bond donors (Lipinski definition) is 1. The van der Waals surface area contributed by atoms with Gasteiger partial charge in [0.25, 0.3) is 0 Å². The van der Waals surface area contributed by atoms with E-state index in [-0.39, 0.29) is 30.0 Å². The highest BCUT2D eigenvalue weighted by atomic mass is 19.4. The SMILES string of the molecule is CC1=C(C(=O)O)C=C2C=CC=N[C@@H]2N1CCc1ccc(N2CCOCC2)c(C(F)(F)F)c1.Cc1nc2ncccc2cc1C(=O)OCc1ccc(C2CCCCC2)nc1. The first kappa shape index (κ1) is 41.3. The number of ether oxygens (including phenoxy) is 2. The molecule has 4 aliphatic rings. The molecular formula is C45H47F3N6O5. The molecule has 6 heterocycles. The van der Waals surface area contributed by atoms with E-state index < -0.39 is 17.7 Å². The summed E-state index contributed by atoms with van der Waals surface area (Å²) in [5.41, 5.74) is 5.28. The second-order valence-corrected chi connectivity index (χ2v) is 15.0. The Morgan fingerprint density at radius 2 is 1.76 bits per heavy atom. The Kier molecular flexibility index (Phi) is 12.8. The Morgan fingerprint density at radius 1 is 0.983 bits per heavy atom. The summed E-state index contributed by atoms with van der Waals surface area (Å²) in [7, 11) is 0. The topological polar surface area (TPSA) is 130 Å². The highest BCUT2D eigenvalue weighted by Crippen LogP contribution is 2.38. The van der Waals surface area contributed by atoms with Gasteiger partial charge in [0, 0.05) is 72.2 Å². The highest BCUT2D eigenvalue weighted by molar-refractivity contribution is 5.94. The van der Waals surface area contributed by atoms with Gasteiger partial charge in [0.1, 0.15) is 12.8 Å². The number of carbonyl (C=O) groups excluding carboxylic acids is 1. The number of carbonyl (C=O) groups is 2. The lowest BCUT2D eigenvalue weighted by Crippen LogP contribution is -2.39. The molecule has 8 rings (SSSR count). The molecule has 4 aromatic rings. The van der Waals surface area contributed by atoms with E-state index in [0.717, 1.165) is 22.2 Å². The van der Waals surface area contributed by atoms with Crippen molar-refractivity contribution in [1.29, 1.82) is 0 Å². The van der Waals surface area contributed by atoms with Crippen molar-refractivity contribution in [3.8, 4) is 0 Å². The van der Waals surface area contributed by atoms with Gasteiger partial charge in [-0.05, 0) is 92.8 Å². The number of allylic oxidation sites excluding steroid dienone is 2. The highest BCUT2D eigenvalue weighted by Gasteiger charge is 2.36. The van der Waals surface area contributed by atoms with Crippen molar-refractivity contribution in [2.24, 2.45) is 4.99 Å². The molecule has 11 nitrogen and oxygen atoms in total. The molecule has 3 aliphatic heterocycles. The number of carboxylic acid groups (broad SMARTS) is 1. The van der Waals surface area contributed by atoms with Crippen LogP contribution in [0.1, 0.15) is 83.4 Å². The molecule has 308 valence electrons. The molecule has 59 heavy (non-hydrogen) atoms. The molecule has 1 saturated carbocycles. The number of aryl methyl sites for hydroxylation is 1. The maximum Gasteiger partial charge on any atom is 0.418 e. The number of pyridine rings is 3. The van der Waals surface area contributed by atoms with E-state index in [1.807, 2.05) is 29.3 Å². The average Bonchev–Trinajstić information content (AvgIpc) is 3.25. The number of aliphatic imine (C=N–C) groups is 1. The van der Waals surface area contributed by atoms with E-state index >= 15 is 0 Å². The summed E-state index contributed by atoms with van der Waals surface area (Å²) in [4.78, 5) is 45.3. The maximum atomic E-state index is 13.8. The number of aromatic nitrogens is 3. The number of carboxylic acids is 1. The Balaban J connectivity index is 0.000000181. The zero-order valence-corrected chi connectivity index (χ0v) is 33.1. The predicted molar refractivity (Wildman–Crippen MR) is 218 cm³/mol. The number of rotatable bonds is 9. The smallest absolute Gasteiger partial charge is 0.418 e. The zero-order valence-electron chi connectivity index (χ0n) is 33.1. The van der Waals surface area contributed by atoms with Crippen molar-refractivity contribution < 1.29 is 37.3 Å². The minimum atomic E-state index is -4.48. The number of morpholine rings is 1. The maximum absolute atomic E-state index is 13.8. The van der Waals surface area contributed by atoms with E-state index in [0.29, 0.717) is 73.4 Å². The molecule has 1 aliphatic carbocycles. The summed E-state index contributed by atoms with van der Waals surface area (Å²) in [5, 5.41) is 10.4. The van der Waals surface area contributed by atoms with Gasteiger partial charge in [-0.3, -0.25) is 9.98 Å². The lowest BCUT2D eigenvalue weighted by atomic mass is 9.86. The van der Waals surface area contributed by atoms with Gasteiger partial charge in [0.05, 0.1) is 35.6 Å². The Morgan fingerprint density at radius 3 is 2.49 bits per heavy atom. The number of halogens is 3. The molecule has 0 bridgehead atoms. The quantitative estimate of drug-likeness (QED) is 0.165. The van der Waals surface area contributed by atoms with Gasteiger partial charge in [0.15, 0.2) is 5.65 Å². The summed E-state index contributed by atoms with van der Waals surface area (Å²) in [6.45, 7) is 5.68. The Labute approximate surface area is 341 Å².